The molecule has 0 aromatic rings. The van der Waals surface area contributed by atoms with Gasteiger partial charge in [-0.15, -0.1) is 0 Å². The van der Waals surface area contributed by atoms with Crippen LogP contribution in [-0.4, -0.2) is 35.5 Å². The van der Waals surface area contributed by atoms with Gasteiger partial charge in [-0.1, -0.05) is 20.8 Å². The van der Waals surface area contributed by atoms with E-state index in [9.17, 15) is 9.59 Å². The van der Waals surface area contributed by atoms with Crippen LogP contribution < -0.4 is 0 Å². The highest BCUT2D eigenvalue weighted by Crippen LogP contribution is 2.66. The predicted octanol–water partition coefficient (Wildman–Crippen LogP) is 5.20. The van der Waals surface area contributed by atoms with E-state index >= 15 is 0 Å². The number of hydrogen-bond acceptors (Lipinski definition) is 3. The van der Waals surface area contributed by atoms with Crippen molar-refractivity contribution in [3.8, 4) is 0 Å². The highest BCUT2D eigenvalue weighted by molar-refractivity contribution is 5.87. The summed E-state index contributed by atoms with van der Waals surface area (Å²) in [5, 5.41) is 0. The average Bonchev–Trinajstić information content (AvgIpc) is 3.13. The summed E-state index contributed by atoms with van der Waals surface area (Å²) in [6, 6.07) is 0. The average molecular weight is 388 g/mol. The number of carbonyl (C=O) groups is 2. The van der Waals surface area contributed by atoms with E-state index in [0.29, 0.717) is 23.0 Å². The molecule has 1 amide bonds. The lowest BCUT2D eigenvalue weighted by Gasteiger charge is -2.61. The molecule has 0 aromatic carbocycles. The number of carbonyl (C=O) groups excluding carboxylic acids is 2. The Kier molecular flexibility index (Phi) is 4.21. The van der Waals surface area contributed by atoms with Gasteiger partial charge in [-0.25, -0.2) is 4.79 Å². The van der Waals surface area contributed by atoms with E-state index in [1.165, 1.54) is 25.7 Å². The molecule has 4 heteroatoms. The maximum Gasteiger partial charge on any atom is 0.410 e. The Morgan fingerprint density at radius 1 is 1.04 bits per heavy atom. The van der Waals surface area contributed by atoms with E-state index in [2.05, 4.69) is 20.8 Å². The van der Waals surface area contributed by atoms with Crippen LogP contribution in [0.25, 0.3) is 0 Å². The van der Waals surface area contributed by atoms with Crippen molar-refractivity contribution in [1.29, 1.82) is 0 Å². The SMILES string of the molecule is CCCN1C[C@]2(CC[C@@]3(C)C(CCC4C3CC[C@]3(C)C(=O)CCC43)C2)OC1=O. The Morgan fingerprint density at radius 3 is 2.64 bits per heavy atom. The van der Waals surface area contributed by atoms with E-state index in [-0.39, 0.29) is 17.1 Å². The molecule has 5 fully saturated rings. The predicted molar refractivity (Wildman–Crippen MR) is 108 cm³/mol. The van der Waals surface area contributed by atoms with Crippen molar-refractivity contribution in [1.82, 2.24) is 4.90 Å². The van der Waals surface area contributed by atoms with Gasteiger partial charge in [-0.2, -0.15) is 0 Å². The first-order valence-corrected chi connectivity index (χ1v) is 11.8. The fraction of sp³-hybridized carbons (Fsp3) is 0.917. The van der Waals surface area contributed by atoms with Crippen molar-refractivity contribution >= 4 is 11.9 Å². The Bertz CT molecular complexity index is 691. The van der Waals surface area contributed by atoms with E-state index in [1.807, 2.05) is 4.90 Å². The molecule has 0 bridgehead atoms. The second kappa shape index (κ2) is 6.22. The molecule has 4 saturated carbocycles. The van der Waals surface area contributed by atoms with Crippen LogP contribution in [0.1, 0.15) is 85.0 Å². The molecule has 0 N–H and O–H groups in total. The third kappa shape index (κ3) is 2.48. The number of amides is 1. The standard InChI is InChI=1S/C24H37NO3/c1-4-13-25-15-24(28-21(25)27)12-11-22(2)16(14-24)5-6-17-18-7-8-20(26)23(18,3)10-9-19(17)22/h16-19H,4-15H2,1-3H3/t16?,17?,18?,19?,22-,23-,24+/m0/s1. The van der Waals surface area contributed by atoms with Crippen molar-refractivity contribution in [2.45, 2.75) is 90.6 Å². The summed E-state index contributed by atoms with van der Waals surface area (Å²) in [5.74, 6) is 3.33. The Morgan fingerprint density at radius 2 is 1.86 bits per heavy atom. The number of Topliss-reactive ketones (excluding diaryl/α,β-unsaturated/α-hetero) is 1. The van der Waals surface area contributed by atoms with Gasteiger partial charge in [0.1, 0.15) is 11.4 Å². The minimum Gasteiger partial charge on any atom is -0.441 e. The summed E-state index contributed by atoms with van der Waals surface area (Å²) >= 11 is 0. The highest BCUT2D eigenvalue weighted by atomic mass is 16.6. The fourth-order valence-electron chi connectivity index (χ4n) is 8.45. The second-order valence-electron chi connectivity index (χ2n) is 11.3. The summed E-state index contributed by atoms with van der Waals surface area (Å²) < 4.78 is 6.03. The summed E-state index contributed by atoms with van der Waals surface area (Å²) in [4.78, 5) is 26.9. The maximum atomic E-state index is 12.6. The molecule has 1 spiro atoms. The molecule has 5 aliphatic rings. The monoisotopic (exact) mass is 387 g/mol. The number of hydrogen-bond donors (Lipinski definition) is 0. The first-order chi connectivity index (χ1) is 13.3. The van der Waals surface area contributed by atoms with Gasteiger partial charge in [0.2, 0.25) is 0 Å². The van der Waals surface area contributed by atoms with E-state index in [4.69, 9.17) is 4.74 Å². The summed E-state index contributed by atoms with van der Waals surface area (Å²) in [5.41, 5.74) is 0.114. The van der Waals surface area contributed by atoms with Crippen molar-refractivity contribution in [2.24, 2.45) is 34.5 Å². The normalized spacial score (nSPS) is 50.3. The van der Waals surface area contributed by atoms with Crippen LogP contribution in [0.15, 0.2) is 0 Å². The van der Waals surface area contributed by atoms with Gasteiger partial charge in [0.15, 0.2) is 0 Å². The van der Waals surface area contributed by atoms with Gasteiger partial charge >= 0.3 is 6.09 Å². The van der Waals surface area contributed by atoms with Gasteiger partial charge < -0.3 is 9.64 Å². The van der Waals surface area contributed by atoms with E-state index < -0.39 is 0 Å². The maximum absolute atomic E-state index is 12.6. The second-order valence-corrected chi connectivity index (χ2v) is 11.3. The molecule has 4 aliphatic carbocycles. The molecular formula is C24H37NO3. The molecule has 1 heterocycles. The van der Waals surface area contributed by atoms with Gasteiger partial charge in [0.25, 0.3) is 0 Å². The van der Waals surface area contributed by atoms with Crippen LogP contribution in [0.4, 0.5) is 4.79 Å². The summed E-state index contributed by atoms with van der Waals surface area (Å²) in [7, 11) is 0. The van der Waals surface area contributed by atoms with Gasteiger partial charge in [0, 0.05) is 18.4 Å². The van der Waals surface area contributed by atoms with Crippen molar-refractivity contribution in [3.05, 3.63) is 0 Å². The third-order valence-electron chi connectivity index (χ3n) is 10.0. The zero-order chi connectivity index (χ0) is 19.7. The molecule has 1 aliphatic heterocycles. The molecular weight excluding hydrogens is 350 g/mol. The minimum atomic E-state index is -0.226. The molecule has 4 nitrogen and oxygen atoms in total. The number of nitrogens with zero attached hydrogens (tertiary/aromatic N) is 1. The first kappa shape index (κ1) is 18.9. The number of fused-ring (bicyclic) bond motifs is 5. The molecule has 1 saturated heterocycles. The van der Waals surface area contributed by atoms with Crippen molar-refractivity contribution in [3.63, 3.8) is 0 Å². The van der Waals surface area contributed by atoms with Crippen LogP contribution in [0.3, 0.4) is 0 Å². The Hall–Kier alpha value is -1.06. The minimum absolute atomic E-state index is 0.0259. The number of ether oxygens (including phenoxy) is 1. The van der Waals surface area contributed by atoms with Crippen LogP contribution in [0, 0.1) is 34.5 Å². The molecule has 0 aromatic heterocycles. The smallest absolute Gasteiger partial charge is 0.410 e. The topological polar surface area (TPSA) is 46.6 Å². The van der Waals surface area contributed by atoms with Crippen molar-refractivity contribution < 1.29 is 14.3 Å². The fourth-order valence-corrected chi connectivity index (χ4v) is 8.45. The molecule has 5 rings (SSSR count). The van der Waals surface area contributed by atoms with Crippen molar-refractivity contribution in [2.75, 3.05) is 13.1 Å². The number of rotatable bonds is 2. The van der Waals surface area contributed by atoms with Crippen LogP contribution >= 0.6 is 0 Å². The molecule has 28 heavy (non-hydrogen) atoms. The molecule has 4 unspecified atom stereocenters. The Labute approximate surface area is 169 Å². The van der Waals surface area contributed by atoms with Crippen LogP contribution in [0.2, 0.25) is 0 Å². The van der Waals surface area contributed by atoms with Crippen LogP contribution in [0.5, 0.6) is 0 Å². The quantitative estimate of drug-likeness (QED) is 0.654. The zero-order valence-electron chi connectivity index (χ0n) is 18.0. The largest absolute Gasteiger partial charge is 0.441 e. The third-order valence-corrected chi connectivity index (χ3v) is 10.0. The van der Waals surface area contributed by atoms with E-state index in [1.54, 1.807) is 0 Å². The lowest BCUT2D eigenvalue weighted by atomic mass is 9.44. The Balaban J connectivity index is 1.36. The molecule has 7 atom stereocenters. The highest BCUT2D eigenvalue weighted by Gasteiger charge is 2.62. The van der Waals surface area contributed by atoms with E-state index in [0.717, 1.165) is 63.5 Å². The van der Waals surface area contributed by atoms with Gasteiger partial charge in [-0.3, -0.25) is 4.79 Å². The summed E-state index contributed by atoms with van der Waals surface area (Å²) in [6.45, 7) is 8.56. The van der Waals surface area contributed by atoms with Gasteiger partial charge in [-0.05, 0) is 86.9 Å². The first-order valence-electron chi connectivity index (χ1n) is 11.8. The molecule has 0 radical (unpaired) electrons. The lowest BCUT2D eigenvalue weighted by molar-refractivity contribution is -0.149. The lowest BCUT2D eigenvalue weighted by Crippen LogP contribution is -2.56. The molecule has 156 valence electrons. The van der Waals surface area contributed by atoms with Crippen LogP contribution in [-0.2, 0) is 9.53 Å². The van der Waals surface area contributed by atoms with Gasteiger partial charge in [0.05, 0.1) is 6.54 Å². The number of ketones is 1. The summed E-state index contributed by atoms with van der Waals surface area (Å²) in [6.07, 6.45) is 11.0. The zero-order valence-corrected chi connectivity index (χ0v) is 18.0.